The molecule has 1 aromatic carbocycles. The fourth-order valence-electron chi connectivity index (χ4n) is 6.70. The molecule has 5 aliphatic rings. The highest BCUT2D eigenvalue weighted by molar-refractivity contribution is 5.87. The maximum Gasteiger partial charge on any atom is 0.143 e. The molecule has 0 aliphatic heterocycles. The van der Waals surface area contributed by atoms with Crippen LogP contribution in [-0.4, -0.2) is 24.1 Å². The van der Waals surface area contributed by atoms with Gasteiger partial charge in [0.25, 0.3) is 0 Å². The first kappa shape index (κ1) is 15.6. The first-order chi connectivity index (χ1) is 12.0. The van der Waals surface area contributed by atoms with Crippen molar-refractivity contribution in [2.24, 2.45) is 22.7 Å². The van der Waals surface area contributed by atoms with Crippen LogP contribution in [0, 0.1) is 22.7 Å². The minimum absolute atomic E-state index is 0.161. The van der Waals surface area contributed by atoms with Gasteiger partial charge in [-0.05, 0) is 60.8 Å². The van der Waals surface area contributed by atoms with Crippen molar-refractivity contribution in [1.82, 2.24) is 0 Å². The van der Waals surface area contributed by atoms with Gasteiger partial charge in [-0.1, -0.05) is 25.1 Å². The molecule has 25 heavy (non-hydrogen) atoms. The van der Waals surface area contributed by atoms with Crippen molar-refractivity contribution >= 4 is 5.78 Å². The van der Waals surface area contributed by atoms with Gasteiger partial charge < -0.3 is 9.84 Å². The average Bonchev–Trinajstić information content (AvgIpc) is 2.62. The molecule has 0 heterocycles. The molecule has 6 atom stereocenters. The van der Waals surface area contributed by atoms with E-state index in [0.717, 1.165) is 31.4 Å². The van der Waals surface area contributed by atoms with Crippen molar-refractivity contribution in [1.29, 1.82) is 0 Å². The number of carbonyl (C=O) groups is 1. The largest absolute Gasteiger partial charge is 0.497 e. The summed E-state index contributed by atoms with van der Waals surface area (Å²) in [5.74, 6) is 1.84. The SMILES string of the molecule is COc1ccc2c(c1)CCC1C2CC[C@]2(C)[C@@H](O)[C@H]3C=C[C@]12CC3=O. The minimum Gasteiger partial charge on any atom is -0.497 e. The van der Waals surface area contributed by atoms with Crippen LogP contribution in [0.25, 0.3) is 0 Å². The van der Waals surface area contributed by atoms with Gasteiger partial charge in [-0.15, -0.1) is 0 Å². The Bertz CT molecular complexity index is 781. The lowest BCUT2D eigenvalue weighted by Gasteiger charge is -2.65. The summed E-state index contributed by atoms with van der Waals surface area (Å²) >= 11 is 0. The Morgan fingerprint density at radius 3 is 2.88 bits per heavy atom. The summed E-state index contributed by atoms with van der Waals surface area (Å²) in [5, 5.41) is 11.0. The fourth-order valence-corrected chi connectivity index (χ4v) is 6.70. The molecule has 0 saturated heterocycles. The molecular formula is C22H26O3. The molecule has 2 saturated carbocycles. The second-order valence-corrected chi connectivity index (χ2v) is 8.79. The Labute approximate surface area is 149 Å². The highest BCUT2D eigenvalue weighted by Gasteiger charge is 2.66. The predicted molar refractivity (Wildman–Crippen MR) is 95.6 cm³/mol. The van der Waals surface area contributed by atoms with E-state index in [9.17, 15) is 9.90 Å². The number of carbonyl (C=O) groups excluding carboxylic acids is 1. The van der Waals surface area contributed by atoms with E-state index in [0.29, 0.717) is 18.3 Å². The van der Waals surface area contributed by atoms with Crippen molar-refractivity contribution in [2.75, 3.05) is 7.11 Å². The first-order valence-corrected chi connectivity index (χ1v) is 9.57. The topological polar surface area (TPSA) is 46.5 Å². The van der Waals surface area contributed by atoms with Crippen LogP contribution >= 0.6 is 0 Å². The number of fused-ring (bicyclic) bond motifs is 4. The third kappa shape index (κ3) is 1.78. The monoisotopic (exact) mass is 338 g/mol. The zero-order valence-corrected chi connectivity index (χ0v) is 15.0. The minimum atomic E-state index is -0.517. The normalized spacial score (nSPS) is 44.0. The smallest absolute Gasteiger partial charge is 0.143 e. The molecule has 2 fully saturated rings. The molecule has 1 N–H and O–H groups in total. The van der Waals surface area contributed by atoms with Gasteiger partial charge in [0.15, 0.2) is 0 Å². The lowest BCUT2D eigenvalue weighted by atomic mass is 9.38. The molecule has 0 amide bonds. The highest BCUT2D eigenvalue weighted by Crippen LogP contribution is 2.69. The molecule has 0 aromatic heterocycles. The van der Waals surface area contributed by atoms with Crippen LogP contribution in [0.1, 0.15) is 49.7 Å². The Hall–Kier alpha value is -1.61. The molecule has 3 nitrogen and oxygen atoms in total. The van der Waals surface area contributed by atoms with Gasteiger partial charge in [-0.2, -0.15) is 0 Å². The maximum atomic E-state index is 12.6. The van der Waals surface area contributed by atoms with Crippen LogP contribution in [0.3, 0.4) is 0 Å². The van der Waals surface area contributed by atoms with Crippen molar-refractivity contribution in [3.63, 3.8) is 0 Å². The van der Waals surface area contributed by atoms with E-state index in [1.807, 2.05) is 6.08 Å². The quantitative estimate of drug-likeness (QED) is 0.795. The molecular weight excluding hydrogens is 312 g/mol. The maximum absolute atomic E-state index is 12.6. The molecule has 1 spiro atoms. The van der Waals surface area contributed by atoms with Crippen LogP contribution in [0.4, 0.5) is 0 Å². The van der Waals surface area contributed by atoms with Gasteiger partial charge in [0, 0.05) is 17.3 Å². The fraction of sp³-hybridized carbons (Fsp3) is 0.591. The molecule has 5 aliphatic carbocycles. The lowest BCUT2D eigenvalue weighted by Crippen LogP contribution is -2.65. The third-order valence-electron chi connectivity index (χ3n) is 8.09. The van der Waals surface area contributed by atoms with E-state index >= 15 is 0 Å². The summed E-state index contributed by atoms with van der Waals surface area (Å²) in [7, 11) is 1.72. The summed E-state index contributed by atoms with van der Waals surface area (Å²) in [4.78, 5) is 12.6. The van der Waals surface area contributed by atoms with Gasteiger partial charge in [0.1, 0.15) is 11.5 Å². The second-order valence-electron chi connectivity index (χ2n) is 8.79. The van der Waals surface area contributed by atoms with Crippen molar-refractivity contribution in [3.05, 3.63) is 41.5 Å². The number of Topliss-reactive ketones (excluding diaryl/α,β-unsaturated/α-hetero) is 1. The Balaban J connectivity index is 1.62. The lowest BCUT2D eigenvalue weighted by molar-refractivity contribution is -0.177. The summed E-state index contributed by atoms with van der Waals surface area (Å²) in [6.45, 7) is 2.24. The summed E-state index contributed by atoms with van der Waals surface area (Å²) < 4.78 is 5.40. The number of hydrogen-bond acceptors (Lipinski definition) is 3. The van der Waals surface area contributed by atoms with E-state index in [4.69, 9.17) is 4.74 Å². The number of aryl methyl sites for hydroxylation is 1. The predicted octanol–water partition coefficient (Wildman–Crippen LogP) is 3.65. The van der Waals surface area contributed by atoms with E-state index in [1.165, 1.54) is 11.1 Å². The van der Waals surface area contributed by atoms with Gasteiger partial charge in [0.05, 0.1) is 19.1 Å². The zero-order valence-electron chi connectivity index (χ0n) is 15.0. The second kappa shape index (κ2) is 4.97. The van der Waals surface area contributed by atoms with E-state index in [1.54, 1.807) is 7.11 Å². The van der Waals surface area contributed by atoms with Gasteiger partial charge in [0.2, 0.25) is 0 Å². The van der Waals surface area contributed by atoms with Gasteiger partial charge in [-0.25, -0.2) is 0 Å². The number of aliphatic hydroxyl groups is 1. The number of allylic oxidation sites excluding steroid dienone is 1. The van der Waals surface area contributed by atoms with Crippen LogP contribution in [-0.2, 0) is 11.2 Å². The number of rotatable bonds is 1. The number of aliphatic hydroxyl groups excluding tert-OH is 1. The van der Waals surface area contributed by atoms with Crippen LogP contribution in [0.15, 0.2) is 30.4 Å². The van der Waals surface area contributed by atoms with Crippen molar-refractivity contribution in [2.45, 2.75) is 51.0 Å². The van der Waals surface area contributed by atoms with Gasteiger partial charge >= 0.3 is 0 Å². The number of ether oxygens (including phenoxy) is 1. The van der Waals surface area contributed by atoms with E-state index < -0.39 is 6.10 Å². The van der Waals surface area contributed by atoms with Crippen LogP contribution in [0.2, 0.25) is 0 Å². The summed E-state index contributed by atoms with van der Waals surface area (Å²) in [6, 6.07) is 6.49. The molecule has 6 rings (SSSR count). The first-order valence-electron chi connectivity index (χ1n) is 9.57. The number of methoxy groups -OCH3 is 1. The molecule has 0 radical (unpaired) electrons. The molecule has 2 bridgehead atoms. The number of hydrogen-bond donors (Lipinski definition) is 1. The number of ketones is 1. The van der Waals surface area contributed by atoms with E-state index in [-0.39, 0.29) is 22.5 Å². The molecule has 2 unspecified atom stereocenters. The van der Waals surface area contributed by atoms with Crippen LogP contribution in [0.5, 0.6) is 5.75 Å². The average molecular weight is 338 g/mol. The third-order valence-corrected chi connectivity index (χ3v) is 8.09. The van der Waals surface area contributed by atoms with Crippen molar-refractivity contribution in [3.8, 4) is 5.75 Å². The number of benzene rings is 1. The molecule has 132 valence electrons. The Kier molecular flexibility index (Phi) is 3.11. The highest BCUT2D eigenvalue weighted by atomic mass is 16.5. The Morgan fingerprint density at radius 2 is 2.12 bits per heavy atom. The summed E-state index contributed by atoms with van der Waals surface area (Å²) in [6.07, 6.45) is 8.68. The Morgan fingerprint density at radius 1 is 1.28 bits per heavy atom. The molecule has 3 heteroatoms. The zero-order chi connectivity index (χ0) is 17.4. The standard InChI is InChI=1S/C22H26O3/c1-21-9-7-16-15-5-4-14(25-2)11-13(15)3-6-18(16)22(21)10-8-17(20(21)24)19(23)12-22/h4-5,8,10-11,16-18,20,24H,3,6-7,9,12H2,1-2H3/t16?,17-,18?,20-,21+,22-/m0/s1. The van der Waals surface area contributed by atoms with E-state index in [2.05, 4.69) is 31.2 Å². The molecule has 1 aromatic rings. The van der Waals surface area contributed by atoms with Gasteiger partial charge in [-0.3, -0.25) is 4.79 Å². The van der Waals surface area contributed by atoms with Crippen molar-refractivity contribution < 1.29 is 14.6 Å². The summed E-state index contributed by atoms with van der Waals surface area (Å²) in [5.41, 5.74) is 2.52. The van der Waals surface area contributed by atoms with Crippen LogP contribution < -0.4 is 4.74 Å².